The van der Waals surface area contributed by atoms with Gasteiger partial charge < -0.3 is 14.1 Å². The quantitative estimate of drug-likeness (QED) is 0.423. The first-order chi connectivity index (χ1) is 13.7. The van der Waals surface area contributed by atoms with E-state index < -0.39 is 0 Å². The summed E-state index contributed by atoms with van der Waals surface area (Å²) in [5.41, 5.74) is 4.33. The molecule has 0 saturated carbocycles. The number of hydrogen-bond donors (Lipinski definition) is 1. The molecule has 0 amide bonds. The van der Waals surface area contributed by atoms with Crippen LogP contribution in [0.5, 0.6) is 0 Å². The molecule has 0 unspecified atom stereocenters. The third kappa shape index (κ3) is 2.66. The number of carbonyl (C=O) groups is 1. The third-order valence-corrected chi connectivity index (χ3v) is 4.65. The second-order valence-electron chi connectivity index (χ2n) is 6.42. The summed E-state index contributed by atoms with van der Waals surface area (Å²) in [6, 6.07) is 18.9. The number of carbonyl (C=O) groups excluding carboxylic acids is 1. The molecule has 0 bridgehead atoms. The van der Waals surface area contributed by atoms with Crippen molar-refractivity contribution < 1.29 is 13.9 Å². The van der Waals surface area contributed by atoms with Crippen LogP contribution < -0.4 is 0 Å². The number of fused-ring (bicyclic) bond motifs is 2. The lowest BCUT2D eigenvalue weighted by atomic mass is 10.0. The van der Waals surface area contributed by atoms with E-state index in [9.17, 15) is 10.1 Å². The van der Waals surface area contributed by atoms with Gasteiger partial charge in [-0.3, -0.25) is 0 Å². The molecule has 0 aliphatic carbocycles. The Morgan fingerprint density at radius 2 is 2.07 bits per heavy atom. The fraction of sp³-hybridized carbons (Fsp3) is 0.0455. The number of aromatic nitrogens is 2. The largest absolute Gasteiger partial charge is 0.457 e. The van der Waals surface area contributed by atoms with Crippen molar-refractivity contribution in [1.82, 2.24) is 9.97 Å². The lowest BCUT2D eigenvalue weighted by Gasteiger charge is -1.99. The zero-order valence-electron chi connectivity index (χ0n) is 14.6. The second-order valence-corrected chi connectivity index (χ2v) is 6.42. The van der Waals surface area contributed by atoms with E-state index in [0.717, 1.165) is 22.2 Å². The highest BCUT2D eigenvalue weighted by Crippen LogP contribution is 2.29. The average molecular weight is 367 g/mol. The maximum Gasteiger partial charge on any atom is 0.338 e. The van der Waals surface area contributed by atoms with Gasteiger partial charge in [0.1, 0.15) is 30.0 Å². The number of hydrogen-bond acceptors (Lipinski definition) is 5. The standard InChI is InChI=1S/C22H13N3O3/c23-11-14(21-24-18-3-1-2-4-19(18)25-21)10-16-6-8-20(28-16)13-5-7-17-15(9-13)12-27-22(17)26/h1-10H,12H2,(H,24,25)/b14-10+. The summed E-state index contributed by atoms with van der Waals surface area (Å²) < 4.78 is 10.9. The number of nitrogens with one attached hydrogen (secondary N) is 1. The minimum Gasteiger partial charge on any atom is -0.457 e. The molecule has 0 saturated heterocycles. The highest BCUT2D eigenvalue weighted by Gasteiger charge is 2.21. The van der Waals surface area contributed by atoms with Gasteiger partial charge in [0.25, 0.3) is 0 Å². The monoisotopic (exact) mass is 367 g/mol. The van der Waals surface area contributed by atoms with Crippen LogP contribution in [0.25, 0.3) is 34.0 Å². The van der Waals surface area contributed by atoms with Crippen LogP contribution in [0.2, 0.25) is 0 Å². The highest BCUT2D eigenvalue weighted by atomic mass is 16.5. The molecule has 3 heterocycles. The Balaban J connectivity index is 1.48. The Labute approximate surface area is 159 Å². The van der Waals surface area contributed by atoms with Gasteiger partial charge in [0.2, 0.25) is 0 Å². The Kier molecular flexibility index (Phi) is 3.59. The number of allylic oxidation sites excluding steroid dienone is 1. The lowest BCUT2D eigenvalue weighted by molar-refractivity contribution is 0.0535. The topological polar surface area (TPSA) is 91.9 Å². The van der Waals surface area contributed by atoms with Gasteiger partial charge in [-0.25, -0.2) is 9.78 Å². The zero-order valence-corrected chi connectivity index (χ0v) is 14.6. The molecule has 1 aliphatic rings. The van der Waals surface area contributed by atoms with Crippen LogP contribution in [0, 0.1) is 11.3 Å². The summed E-state index contributed by atoms with van der Waals surface area (Å²) in [4.78, 5) is 19.2. The summed E-state index contributed by atoms with van der Waals surface area (Å²) in [5, 5.41) is 9.55. The van der Waals surface area contributed by atoms with Crippen molar-refractivity contribution in [2.24, 2.45) is 0 Å². The van der Waals surface area contributed by atoms with Crippen molar-refractivity contribution >= 4 is 28.7 Å². The number of imidazole rings is 1. The maximum absolute atomic E-state index is 11.6. The Morgan fingerprint density at radius 3 is 2.93 bits per heavy atom. The average Bonchev–Trinajstić information content (AvgIpc) is 3.44. The van der Waals surface area contributed by atoms with Crippen molar-refractivity contribution in [3.8, 4) is 17.4 Å². The van der Waals surface area contributed by atoms with Gasteiger partial charge in [0.05, 0.1) is 22.2 Å². The number of benzene rings is 2. The molecule has 4 aromatic rings. The highest BCUT2D eigenvalue weighted by molar-refractivity contribution is 5.94. The number of rotatable bonds is 3. The van der Waals surface area contributed by atoms with Gasteiger partial charge in [-0.1, -0.05) is 18.2 Å². The number of H-pyrrole nitrogens is 1. The summed E-state index contributed by atoms with van der Waals surface area (Å²) in [5.74, 6) is 1.39. The zero-order chi connectivity index (χ0) is 19.1. The SMILES string of the molecule is N#C/C(=C\c1ccc(-c2ccc3c(c2)COC3=O)o1)c1nc2ccccc2[nH]1. The number of nitrogens with zero attached hydrogens (tertiary/aromatic N) is 2. The van der Waals surface area contributed by atoms with E-state index in [-0.39, 0.29) is 12.6 Å². The number of aromatic amines is 1. The van der Waals surface area contributed by atoms with Crippen molar-refractivity contribution in [3.05, 3.63) is 77.3 Å². The molecular formula is C22H13N3O3. The molecule has 1 N–H and O–H groups in total. The van der Waals surface area contributed by atoms with E-state index in [2.05, 4.69) is 16.0 Å². The first-order valence-corrected chi connectivity index (χ1v) is 8.68. The second kappa shape index (κ2) is 6.25. The van der Waals surface area contributed by atoms with E-state index in [4.69, 9.17) is 9.15 Å². The van der Waals surface area contributed by atoms with Crippen molar-refractivity contribution in [3.63, 3.8) is 0 Å². The normalized spacial score (nSPS) is 13.4. The summed E-state index contributed by atoms with van der Waals surface area (Å²) in [6.45, 7) is 0.278. The molecule has 6 heteroatoms. The van der Waals surface area contributed by atoms with Crippen LogP contribution in [0.4, 0.5) is 0 Å². The van der Waals surface area contributed by atoms with Gasteiger partial charge in [0.15, 0.2) is 0 Å². The van der Waals surface area contributed by atoms with Gasteiger partial charge in [-0.2, -0.15) is 5.26 Å². The van der Waals surface area contributed by atoms with E-state index in [1.54, 1.807) is 18.2 Å². The fourth-order valence-corrected chi connectivity index (χ4v) is 3.25. The minimum absolute atomic E-state index is 0.278. The first-order valence-electron chi connectivity index (χ1n) is 8.68. The minimum atomic E-state index is -0.297. The summed E-state index contributed by atoms with van der Waals surface area (Å²) in [7, 11) is 0. The molecule has 0 spiro atoms. The fourth-order valence-electron chi connectivity index (χ4n) is 3.25. The van der Waals surface area contributed by atoms with Crippen molar-refractivity contribution in [2.75, 3.05) is 0 Å². The maximum atomic E-state index is 11.6. The van der Waals surface area contributed by atoms with Crippen LogP contribution in [-0.2, 0) is 11.3 Å². The Morgan fingerprint density at radius 1 is 1.18 bits per heavy atom. The lowest BCUT2D eigenvalue weighted by Crippen LogP contribution is -1.92. The summed E-state index contributed by atoms with van der Waals surface area (Å²) in [6.07, 6.45) is 1.65. The molecule has 0 fully saturated rings. The molecule has 2 aromatic heterocycles. The number of cyclic esters (lactones) is 1. The van der Waals surface area contributed by atoms with E-state index in [1.165, 1.54) is 0 Å². The number of ether oxygens (including phenoxy) is 1. The first kappa shape index (κ1) is 16.1. The number of nitriles is 1. The van der Waals surface area contributed by atoms with Crippen LogP contribution in [0.15, 0.2) is 59.0 Å². The van der Waals surface area contributed by atoms with E-state index >= 15 is 0 Å². The molecule has 134 valence electrons. The molecular weight excluding hydrogens is 354 g/mol. The van der Waals surface area contributed by atoms with Gasteiger partial charge in [0, 0.05) is 17.2 Å². The predicted molar refractivity (Wildman–Crippen MR) is 103 cm³/mol. The molecule has 2 aromatic carbocycles. The van der Waals surface area contributed by atoms with Gasteiger partial charge >= 0.3 is 5.97 Å². The number of esters is 1. The molecule has 0 atom stereocenters. The molecule has 1 aliphatic heterocycles. The number of furan rings is 1. The van der Waals surface area contributed by atoms with Crippen LogP contribution in [0.3, 0.4) is 0 Å². The predicted octanol–water partition coefficient (Wildman–Crippen LogP) is 4.56. The summed E-state index contributed by atoms with van der Waals surface area (Å²) >= 11 is 0. The Hall–Kier alpha value is -4.11. The van der Waals surface area contributed by atoms with Crippen molar-refractivity contribution in [1.29, 1.82) is 5.26 Å². The van der Waals surface area contributed by atoms with Crippen LogP contribution in [0.1, 0.15) is 27.5 Å². The van der Waals surface area contributed by atoms with Crippen LogP contribution in [-0.4, -0.2) is 15.9 Å². The molecule has 0 radical (unpaired) electrons. The van der Waals surface area contributed by atoms with Crippen LogP contribution >= 0.6 is 0 Å². The third-order valence-electron chi connectivity index (χ3n) is 4.65. The molecule has 28 heavy (non-hydrogen) atoms. The molecule has 5 rings (SSSR count). The van der Waals surface area contributed by atoms with E-state index in [1.807, 2.05) is 42.5 Å². The molecule has 6 nitrogen and oxygen atoms in total. The number of para-hydroxylation sites is 2. The van der Waals surface area contributed by atoms with Gasteiger partial charge in [-0.05, 0) is 36.4 Å². The Bertz CT molecular complexity index is 1270. The van der Waals surface area contributed by atoms with E-state index in [0.29, 0.717) is 28.5 Å². The van der Waals surface area contributed by atoms with Crippen molar-refractivity contribution in [2.45, 2.75) is 6.61 Å². The van der Waals surface area contributed by atoms with Gasteiger partial charge in [-0.15, -0.1) is 0 Å². The smallest absolute Gasteiger partial charge is 0.338 e.